The van der Waals surface area contributed by atoms with Gasteiger partial charge in [0.05, 0.1) is 0 Å². The lowest BCUT2D eigenvalue weighted by Crippen LogP contribution is -2.22. The van der Waals surface area contributed by atoms with Gasteiger partial charge in [-0.1, -0.05) is 29.8 Å². The fraction of sp³-hybridized carbons (Fsp3) is 0.118. The van der Waals surface area contributed by atoms with E-state index in [9.17, 15) is 4.79 Å². The van der Waals surface area contributed by atoms with Gasteiger partial charge < -0.3 is 15.5 Å². The number of nitrogen functional groups attached to an aromatic ring is 1. The Morgan fingerprint density at radius 3 is 2.86 bits per heavy atom. The SMILES string of the molecule is Cc1cccc(CNC(=O)c2cc3cc(N)ccc3o2)c1. The third-order valence-electron chi connectivity index (χ3n) is 3.30. The van der Waals surface area contributed by atoms with E-state index in [1.54, 1.807) is 24.3 Å². The van der Waals surface area contributed by atoms with Crippen molar-refractivity contribution < 1.29 is 9.21 Å². The molecule has 0 saturated carbocycles. The van der Waals surface area contributed by atoms with Crippen molar-refractivity contribution in [3.63, 3.8) is 0 Å². The lowest BCUT2D eigenvalue weighted by atomic mass is 10.1. The lowest BCUT2D eigenvalue weighted by Gasteiger charge is -2.04. The first-order chi connectivity index (χ1) is 10.1. The second-order valence-corrected chi connectivity index (χ2v) is 5.08. The number of nitrogens with one attached hydrogen (secondary N) is 1. The molecule has 0 atom stereocenters. The van der Waals surface area contributed by atoms with Crippen LogP contribution in [0.1, 0.15) is 21.7 Å². The molecule has 0 radical (unpaired) electrons. The number of carbonyl (C=O) groups is 1. The van der Waals surface area contributed by atoms with E-state index in [2.05, 4.69) is 5.32 Å². The minimum absolute atomic E-state index is 0.230. The van der Waals surface area contributed by atoms with Crippen LogP contribution in [0.5, 0.6) is 0 Å². The van der Waals surface area contributed by atoms with Gasteiger partial charge in [0, 0.05) is 17.6 Å². The molecule has 0 bridgehead atoms. The van der Waals surface area contributed by atoms with Gasteiger partial charge in [0.1, 0.15) is 5.58 Å². The van der Waals surface area contributed by atoms with Crippen LogP contribution < -0.4 is 11.1 Å². The summed E-state index contributed by atoms with van der Waals surface area (Å²) in [5.41, 5.74) is 9.25. The van der Waals surface area contributed by atoms with Crippen LogP contribution in [0.25, 0.3) is 11.0 Å². The van der Waals surface area contributed by atoms with Crippen LogP contribution in [-0.4, -0.2) is 5.91 Å². The maximum absolute atomic E-state index is 12.1. The summed E-state index contributed by atoms with van der Waals surface area (Å²) in [6, 6.07) is 15.0. The molecule has 3 aromatic rings. The summed E-state index contributed by atoms with van der Waals surface area (Å²) in [5.74, 6) is 0.0644. The molecule has 0 spiro atoms. The van der Waals surface area contributed by atoms with E-state index in [1.807, 2.05) is 31.2 Å². The fourth-order valence-electron chi connectivity index (χ4n) is 2.27. The summed E-state index contributed by atoms with van der Waals surface area (Å²) in [6.45, 7) is 2.49. The van der Waals surface area contributed by atoms with Gasteiger partial charge in [-0.05, 0) is 36.8 Å². The molecule has 3 N–H and O–H groups in total. The molecule has 0 unspecified atom stereocenters. The highest BCUT2D eigenvalue weighted by Gasteiger charge is 2.12. The number of carbonyl (C=O) groups excluding carboxylic acids is 1. The molecule has 0 saturated heterocycles. The molecule has 0 fully saturated rings. The van der Waals surface area contributed by atoms with E-state index in [-0.39, 0.29) is 5.91 Å². The molecular weight excluding hydrogens is 264 g/mol. The minimum Gasteiger partial charge on any atom is -0.451 e. The zero-order valence-electron chi connectivity index (χ0n) is 11.7. The Bertz CT molecular complexity index is 805. The number of rotatable bonds is 3. The van der Waals surface area contributed by atoms with E-state index < -0.39 is 0 Å². The second kappa shape index (κ2) is 5.32. The van der Waals surface area contributed by atoms with E-state index in [1.165, 1.54) is 5.56 Å². The molecule has 3 rings (SSSR count). The number of anilines is 1. The van der Waals surface area contributed by atoms with Crippen LogP contribution in [0.4, 0.5) is 5.69 Å². The third kappa shape index (κ3) is 2.89. The van der Waals surface area contributed by atoms with Crippen molar-refractivity contribution in [2.75, 3.05) is 5.73 Å². The van der Waals surface area contributed by atoms with Gasteiger partial charge in [-0.25, -0.2) is 0 Å². The van der Waals surface area contributed by atoms with Crippen LogP contribution in [0, 0.1) is 6.92 Å². The molecule has 0 aliphatic carbocycles. The lowest BCUT2D eigenvalue weighted by molar-refractivity contribution is 0.0925. The second-order valence-electron chi connectivity index (χ2n) is 5.08. The predicted octanol–water partition coefficient (Wildman–Crippen LogP) is 3.25. The van der Waals surface area contributed by atoms with Gasteiger partial charge in [0.2, 0.25) is 0 Å². The Morgan fingerprint density at radius 1 is 1.19 bits per heavy atom. The maximum Gasteiger partial charge on any atom is 0.287 e. The smallest absolute Gasteiger partial charge is 0.287 e. The maximum atomic E-state index is 12.1. The number of hydrogen-bond acceptors (Lipinski definition) is 3. The molecule has 4 heteroatoms. The molecular formula is C17H16N2O2. The highest BCUT2D eigenvalue weighted by molar-refractivity contribution is 5.96. The van der Waals surface area contributed by atoms with Crippen molar-refractivity contribution in [3.05, 3.63) is 65.4 Å². The van der Waals surface area contributed by atoms with Crippen molar-refractivity contribution in [2.45, 2.75) is 13.5 Å². The Morgan fingerprint density at radius 2 is 2.05 bits per heavy atom. The number of aryl methyl sites for hydroxylation is 1. The largest absolute Gasteiger partial charge is 0.451 e. The normalized spacial score (nSPS) is 10.7. The van der Waals surface area contributed by atoms with Crippen LogP contribution in [0.15, 0.2) is 52.9 Å². The Hall–Kier alpha value is -2.75. The molecule has 0 aliphatic rings. The molecule has 4 nitrogen and oxygen atoms in total. The Kier molecular flexibility index (Phi) is 3.36. The first kappa shape index (κ1) is 13.2. The average molecular weight is 280 g/mol. The quantitative estimate of drug-likeness (QED) is 0.724. The molecule has 21 heavy (non-hydrogen) atoms. The number of amides is 1. The third-order valence-corrected chi connectivity index (χ3v) is 3.30. The standard InChI is InChI=1S/C17H16N2O2/c1-11-3-2-4-12(7-11)10-19-17(20)16-9-13-8-14(18)5-6-15(13)21-16/h2-9H,10,18H2,1H3,(H,19,20). The number of hydrogen-bond donors (Lipinski definition) is 2. The van der Waals surface area contributed by atoms with E-state index in [0.29, 0.717) is 23.6 Å². The van der Waals surface area contributed by atoms with Gasteiger partial charge >= 0.3 is 0 Å². The molecule has 1 aromatic heterocycles. The fourth-order valence-corrected chi connectivity index (χ4v) is 2.27. The zero-order valence-corrected chi connectivity index (χ0v) is 11.7. The molecule has 106 valence electrons. The molecule has 1 amide bonds. The first-order valence-corrected chi connectivity index (χ1v) is 6.74. The first-order valence-electron chi connectivity index (χ1n) is 6.74. The van der Waals surface area contributed by atoms with Crippen LogP contribution >= 0.6 is 0 Å². The van der Waals surface area contributed by atoms with Crippen LogP contribution in [0.3, 0.4) is 0 Å². The van der Waals surface area contributed by atoms with Gasteiger partial charge in [-0.2, -0.15) is 0 Å². The summed E-state index contributed by atoms with van der Waals surface area (Å²) < 4.78 is 5.53. The van der Waals surface area contributed by atoms with E-state index in [0.717, 1.165) is 10.9 Å². The number of fused-ring (bicyclic) bond motifs is 1. The number of nitrogens with two attached hydrogens (primary N) is 1. The van der Waals surface area contributed by atoms with Gasteiger partial charge in [-0.3, -0.25) is 4.79 Å². The molecule has 0 aliphatic heterocycles. The van der Waals surface area contributed by atoms with Gasteiger partial charge in [0.15, 0.2) is 5.76 Å². The highest BCUT2D eigenvalue weighted by Crippen LogP contribution is 2.21. The monoisotopic (exact) mass is 280 g/mol. The van der Waals surface area contributed by atoms with Gasteiger partial charge in [-0.15, -0.1) is 0 Å². The van der Waals surface area contributed by atoms with Crippen LogP contribution in [0.2, 0.25) is 0 Å². The van der Waals surface area contributed by atoms with E-state index >= 15 is 0 Å². The summed E-state index contributed by atoms with van der Waals surface area (Å²) in [6.07, 6.45) is 0. The zero-order chi connectivity index (χ0) is 14.8. The summed E-state index contributed by atoms with van der Waals surface area (Å²) in [7, 11) is 0. The molecule has 1 heterocycles. The van der Waals surface area contributed by atoms with Gasteiger partial charge in [0.25, 0.3) is 5.91 Å². The van der Waals surface area contributed by atoms with Crippen molar-refractivity contribution in [3.8, 4) is 0 Å². The van der Waals surface area contributed by atoms with Crippen molar-refractivity contribution in [1.82, 2.24) is 5.32 Å². The summed E-state index contributed by atoms with van der Waals surface area (Å²) in [4.78, 5) is 12.1. The van der Waals surface area contributed by atoms with E-state index in [4.69, 9.17) is 10.2 Å². The topological polar surface area (TPSA) is 68.3 Å². The van der Waals surface area contributed by atoms with Crippen molar-refractivity contribution >= 4 is 22.6 Å². The minimum atomic E-state index is -0.230. The Balaban J connectivity index is 1.74. The predicted molar refractivity (Wildman–Crippen MR) is 83.0 cm³/mol. The van der Waals surface area contributed by atoms with Crippen molar-refractivity contribution in [1.29, 1.82) is 0 Å². The molecule has 2 aromatic carbocycles. The summed E-state index contributed by atoms with van der Waals surface area (Å²) in [5, 5.41) is 3.68. The van der Waals surface area contributed by atoms with Crippen molar-refractivity contribution in [2.24, 2.45) is 0 Å². The van der Waals surface area contributed by atoms with Crippen LogP contribution in [-0.2, 0) is 6.54 Å². The Labute approximate surface area is 122 Å². The summed E-state index contributed by atoms with van der Waals surface area (Å²) >= 11 is 0. The average Bonchev–Trinajstić information content (AvgIpc) is 2.88. The number of benzene rings is 2. The highest BCUT2D eigenvalue weighted by atomic mass is 16.3. The number of furan rings is 1.